The van der Waals surface area contributed by atoms with Gasteiger partial charge in [-0.25, -0.2) is 9.97 Å². The highest BCUT2D eigenvalue weighted by Crippen LogP contribution is 2.36. The summed E-state index contributed by atoms with van der Waals surface area (Å²) in [6.07, 6.45) is 0. The van der Waals surface area contributed by atoms with Gasteiger partial charge in [0.25, 0.3) is 5.91 Å². The lowest BCUT2D eigenvalue weighted by Gasteiger charge is -2.09. The molecule has 1 N–H and O–H groups in total. The van der Waals surface area contributed by atoms with Crippen LogP contribution in [0.4, 0.5) is 5.69 Å². The minimum absolute atomic E-state index is 0.233. The Morgan fingerprint density at radius 1 is 1.07 bits per heavy atom. The number of pyridine rings is 1. The Morgan fingerprint density at radius 3 is 2.89 bits per heavy atom. The van der Waals surface area contributed by atoms with Gasteiger partial charge < -0.3 is 14.8 Å². The molecule has 2 aromatic carbocycles. The van der Waals surface area contributed by atoms with Crippen molar-refractivity contribution in [1.82, 2.24) is 9.97 Å². The van der Waals surface area contributed by atoms with Gasteiger partial charge in [0.15, 0.2) is 11.5 Å². The average molecular weight is 375 g/mol. The van der Waals surface area contributed by atoms with E-state index >= 15 is 0 Å². The predicted octanol–water partition coefficient (Wildman–Crippen LogP) is 4.34. The van der Waals surface area contributed by atoms with Crippen LogP contribution in [0.2, 0.25) is 0 Å². The van der Waals surface area contributed by atoms with E-state index in [4.69, 9.17) is 14.5 Å². The number of hydrogen-bond acceptors (Lipinski definition) is 6. The van der Waals surface area contributed by atoms with Crippen molar-refractivity contribution in [3.63, 3.8) is 0 Å². The van der Waals surface area contributed by atoms with Crippen LogP contribution in [-0.2, 0) is 0 Å². The van der Waals surface area contributed by atoms with E-state index in [2.05, 4.69) is 10.3 Å². The lowest BCUT2D eigenvalue weighted by atomic mass is 10.1. The Labute approximate surface area is 158 Å². The van der Waals surface area contributed by atoms with E-state index in [0.29, 0.717) is 17.1 Å². The quantitative estimate of drug-likeness (QED) is 0.577. The number of fused-ring (bicyclic) bond motifs is 2. The molecule has 6 nitrogen and oxygen atoms in total. The number of amides is 1. The molecule has 7 heteroatoms. The maximum atomic E-state index is 12.4. The van der Waals surface area contributed by atoms with E-state index in [1.807, 2.05) is 48.5 Å². The van der Waals surface area contributed by atoms with E-state index in [-0.39, 0.29) is 12.7 Å². The van der Waals surface area contributed by atoms with Gasteiger partial charge >= 0.3 is 0 Å². The van der Waals surface area contributed by atoms with Gasteiger partial charge in [-0.3, -0.25) is 4.79 Å². The first-order chi connectivity index (χ1) is 13.3. The molecule has 0 unspecified atom stereocenters. The monoisotopic (exact) mass is 375 g/mol. The van der Waals surface area contributed by atoms with Crippen molar-refractivity contribution in [3.8, 4) is 22.8 Å². The van der Waals surface area contributed by atoms with Crippen molar-refractivity contribution in [3.05, 3.63) is 65.1 Å². The van der Waals surface area contributed by atoms with Crippen molar-refractivity contribution in [2.75, 3.05) is 12.1 Å². The molecule has 0 atom stereocenters. The Kier molecular flexibility index (Phi) is 3.72. The first kappa shape index (κ1) is 15.8. The van der Waals surface area contributed by atoms with Crippen LogP contribution in [0.5, 0.6) is 11.5 Å². The second-order valence-corrected chi connectivity index (χ2v) is 6.69. The molecular weight excluding hydrogens is 362 g/mol. The average Bonchev–Trinajstić information content (AvgIpc) is 3.39. The summed E-state index contributed by atoms with van der Waals surface area (Å²) in [5, 5.41) is 5.56. The molecule has 0 radical (unpaired) electrons. The van der Waals surface area contributed by atoms with Gasteiger partial charge in [-0.05, 0) is 30.3 Å². The van der Waals surface area contributed by atoms with Crippen LogP contribution in [0.3, 0.4) is 0 Å². The predicted molar refractivity (Wildman–Crippen MR) is 103 cm³/mol. The Hall–Kier alpha value is -3.45. The molecule has 2 aromatic heterocycles. The van der Waals surface area contributed by atoms with Crippen molar-refractivity contribution in [2.45, 2.75) is 0 Å². The largest absolute Gasteiger partial charge is 0.454 e. The first-order valence-electron chi connectivity index (χ1n) is 8.27. The molecule has 1 aliphatic rings. The summed E-state index contributed by atoms with van der Waals surface area (Å²) in [5.74, 6) is 1.19. The SMILES string of the molecule is O=C(Nc1cccc2ccc(-c3ccc4c(c3)OCO4)nc12)c1cscn1. The molecule has 27 heavy (non-hydrogen) atoms. The molecule has 0 bridgehead atoms. The van der Waals surface area contributed by atoms with E-state index in [9.17, 15) is 4.79 Å². The zero-order valence-corrected chi connectivity index (χ0v) is 14.8. The zero-order chi connectivity index (χ0) is 18.2. The Bertz CT molecular complexity index is 1160. The number of hydrogen-bond donors (Lipinski definition) is 1. The Morgan fingerprint density at radius 2 is 2.00 bits per heavy atom. The van der Waals surface area contributed by atoms with E-state index in [1.165, 1.54) is 11.3 Å². The molecule has 3 heterocycles. The van der Waals surface area contributed by atoms with Crippen LogP contribution in [0.25, 0.3) is 22.2 Å². The van der Waals surface area contributed by atoms with Crippen molar-refractivity contribution < 1.29 is 14.3 Å². The van der Waals surface area contributed by atoms with Crippen LogP contribution in [0.15, 0.2) is 59.4 Å². The van der Waals surface area contributed by atoms with Crippen molar-refractivity contribution in [2.24, 2.45) is 0 Å². The highest BCUT2D eigenvalue weighted by molar-refractivity contribution is 7.07. The number of aromatic nitrogens is 2. The summed E-state index contributed by atoms with van der Waals surface area (Å²) in [6.45, 7) is 0.233. The van der Waals surface area contributed by atoms with E-state index in [0.717, 1.165) is 27.9 Å². The number of ether oxygens (including phenoxy) is 2. The molecule has 0 fully saturated rings. The van der Waals surface area contributed by atoms with Crippen molar-refractivity contribution >= 4 is 33.8 Å². The van der Waals surface area contributed by atoms with Crippen molar-refractivity contribution in [1.29, 1.82) is 0 Å². The molecule has 4 aromatic rings. The summed E-state index contributed by atoms with van der Waals surface area (Å²) in [7, 11) is 0. The summed E-state index contributed by atoms with van der Waals surface area (Å²) in [4.78, 5) is 21.2. The maximum Gasteiger partial charge on any atom is 0.275 e. The number of anilines is 1. The lowest BCUT2D eigenvalue weighted by molar-refractivity contribution is 0.102. The van der Waals surface area contributed by atoms with Gasteiger partial charge in [0, 0.05) is 16.3 Å². The van der Waals surface area contributed by atoms with E-state index < -0.39 is 0 Å². The number of nitrogens with zero attached hydrogens (tertiary/aromatic N) is 2. The first-order valence-corrected chi connectivity index (χ1v) is 9.21. The molecule has 0 spiro atoms. The van der Waals surface area contributed by atoms with Gasteiger partial charge in [0.2, 0.25) is 6.79 Å². The Balaban J connectivity index is 1.55. The van der Waals surface area contributed by atoms with Gasteiger partial charge in [0.1, 0.15) is 5.69 Å². The fourth-order valence-corrected chi connectivity index (χ4v) is 3.51. The van der Waals surface area contributed by atoms with Gasteiger partial charge in [-0.15, -0.1) is 11.3 Å². The van der Waals surface area contributed by atoms with Crippen LogP contribution >= 0.6 is 11.3 Å². The van der Waals surface area contributed by atoms with Crippen LogP contribution in [-0.4, -0.2) is 22.7 Å². The third-order valence-corrected chi connectivity index (χ3v) is 4.89. The van der Waals surface area contributed by atoms with Crippen LogP contribution < -0.4 is 14.8 Å². The zero-order valence-electron chi connectivity index (χ0n) is 14.0. The standard InChI is InChI=1S/C20H13N3O3S/c24-20(16-9-27-10-21-16)23-15-3-1-2-12-4-6-14(22-19(12)15)13-5-7-17-18(8-13)26-11-25-17/h1-10H,11H2,(H,23,24). The van der Waals surface area contributed by atoms with Gasteiger partial charge in [-0.1, -0.05) is 18.2 Å². The fraction of sp³-hybridized carbons (Fsp3) is 0.0500. The molecule has 0 saturated heterocycles. The molecule has 5 rings (SSSR count). The highest BCUT2D eigenvalue weighted by atomic mass is 32.1. The summed E-state index contributed by atoms with van der Waals surface area (Å²) in [6, 6.07) is 15.4. The molecule has 1 amide bonds. The number of para-hydroxylation sites is 1. The fourth-order valence-electron chi connectivity index (χ4n) is 2.98. The van der Waals surface area contributed by atoms with E-state index in [1.54, 1.807) is 10.9 Å². The highest BCUT2D eigenvalue weighted by Gasteiger charge is 2.15. The summed E-state index contributed by atoms with van der Waals surface area (Å²) in [5.41, 5.74) is 5.10. The minimum atomic E-state index is -0.251. The third kappa shape index (κ3) is 2.88. The number of carbonyl (C=O) groups excluding carboxylic acids is 1. The minimum Gasteiger partial charge on any atom is -0.454 e. The van der Waals surface area contributed by atoms with Gasteiger partial charge in [0.05, 0.1) is 22.4 Å². The van der Waals surface area contributed by atoms with Crippen LogP contribution in [0, 0.1) is 0 Å². The molecule has 132 valence electrons. The number of rotatable bonds is 3. The maximum absolute atomic E-state index is 12.4. The van der Waals surface area contributed by atoms with Crippen LogP contribution in [0.1, 0.15) is 10.5 Å². The number of carbonyl (C=O) groups is 1. The third-order valence-electron chi connectivity index (χ3n) is 4.30. The number of thiazole rings is 1. The van der Waals surface area contributed by atoms with Gasteiger partial charge in [-0.2, -0.15) is 0 Å². The summed E-state index contributed by atoms with van der Waals surface area (Å²) >= 11 is 1.38. The molecule has 0 saturated carbocycles. The second kappa shape index (κ2) is 6.37. The molecule has 0 aliphatic carbocycles. The number of nitrogens with one attached hydrogen (secondary N) is 1. The topological polar surface area (TPSA) is 73.3 Å². The second-order valence-electron chi connectivity index (χ2n) is 5.97. The summed E-state index contributed by atoms with van der Waals surface area (Å²) < 4.78 is 10.8. The molecular formula is C20H13N3O3S. The normalized spacial score (nSPS) is 12.3. The molecule has 1 aliphatic heterocycles. The lowest BCUT2D eigenvalue weighted by Crippen LogP contribution is -2.12. The number of benzene rings is 2. The smallest absolute Gasteiger partial charge is 0.275 e.